The number of amides is 1. The summed E-state index contributed by atoms with van der Waals surface area (Å²) in [5.41, 5.74) is 3.67. The highest BCUT2D eigenvalue weighted by atomic mass is 16.5. The number of nitrogens with one attached hydrogen (secondary N) is 1. The lowest BCUT2D eigenvalue weighted by molar-refractivity contribution is -0.131. The maximum absolute atomic E-state index is 13.1. The number of hydrogen-bond donors (Lipinski definition) is 1. The minimum absolute atomic E-state index is 0.0134. The van der Waals surface area contributed by atoms with Gasteiger partial charge in [-0.3, -0.25) is 9.59 Å². The smallest absolute Gasteiger partial charge is 0.308 e. The van der Waals surface area contributed by atoms with Gasteiger partial charge in [0.1, 0.15) is 11.5 Å². The molecule has 6 nitrogen and oxygen atoms in total. The number of aromatic nitrogens is 1. The maximum atomic E-state index is 13.1. The molecule has 0 aliphatic carbocycles. The van der Waals surface area contributed by atoms with Crippen molar-refractivity contribution < 1.29 is 19.1 Å². The lowest BCUT2D eigenvalue weighted by atomic mass is 9.89. The van der Waals surface area contributed by atoms with Crippen LogP contribution in [0.15, 0.2) is 42.6 Å². The lowest BCUT2D eigenvalue weighted by Gasteiger charge is -2.32. The molecule has 0 atom stereocenters. The van der Waals surface area contributed by atoms with Crippen LogP contribution in [0.5, 0.6) is 11.5 Å². The van der Waals surface area contributed by atoms with Crippen LogP contribution in [0.25, 0.3) is 10.9 Å². The zero-order chi connectivity index (χ0) is 21.3. The van der Waals surface area contributed by atoms with Crippen LogP contribution < -0.4 is 9.47 Å². The molecular formula is C24H26N2O4. The number of likely N-dealkylation sites (tertiary alicyclic amines) is 1. The van der Waals surface area contributed by atoms with E-state index in [0.29, 0.717) is 35.9 Å². The largest absolute Gasteiger partial charge is 0.497 e. The summed E-state index contributed by atoms with van der Waals surface area (Å²) in [7, 11) is 1.68. The number of benzene rings is 2. The molecule has 1 amide bonds. The Kier molecular flexibility index (Phi) is 5.48. The van der Waals surface area contributed by atoms with Crippen molar-refractivity contribution in [1.29, 1.82) is 0 Å². The van der Waals surface area contributed by atoms with E-state index in [9.17, 15) is 9.59 Å². The van der Waals surface area contributed by atoms with Gasteiger partial charge in [0.25, 0.3) is 5.91 Å². The number of H-pyrrole nitrogens is 1. The first kappa shape index (κ1) is 20.0. The number of carbonyl (C=O) groups is 2. The molecule has 0 radical (unpaired) electrons. The number of ether oxygens (including phenoxy) is 2. The zero-order valence-corrected chi connectivity index (χ0v) is 17.5. The van der Waals surface area contributed by atoms with Crippen LogP contribution in [0.2, 0.25) is 0 Å². The molecule has 1 N–H and O–H groups in total. The van der Waals surface area contributed by atoms with Crippen LogP contribution in [0.3, 0.4) is 0 Å². The zero-order valence-electron chi connectivity index (χ0n) is 17.5. The Hall–Kier alpha value is -3.28. The molecule has 1 aliphatic heterocycles. The SMILES string of the molecule is COc1ccc2[nH]cc(C3CCN(C(=O)c4cccc(OC(C)=O)c4C)CC3)c2c1. The molecule has 4 rings (SSSR count). The monoisotopic (exact) mass is 406 g/mol. The van der Waals surface area contributed by atoms with Crippen molar-refractivity contribution in [1.82, 2.24) is 9.88 Å². The van der Waals surface area contributed by atoms with Gasteiger partial charge in [0, 0.05) is 48.2 Å². The van der Waals surface area contributed by atoms with Crippen LogP contribution in [-0.2, 0) is 4.79 Å². The molecular weight excluding hydrogens is 380 g/mol. The number of aromatic amines is 1. The third-order valence-electron chi connectivity index (χ3n) is 5.91. The summed E-state index contributed by atoms with van der Waals surface area (Å²) in [6.45, 7) is 4.56. The minimum Gasteiger partial charge on any atom is -0.497 e. The molecule has 0 unspecified atom stereocenters. The standard InChI is InChI=1S/C24H26N2O4/c1-15-19(5-4-6-23(15)30-16(2)27)24(28)26-11-9-17(10-12-26)21-14-25-22-8-7-18(29-3)13-20(21)22/h4-8,13-14,17,25H,9-12H2,1-3H3. The van der Waals surface area contributed by atoms with E-state index in [1.165, 1.54) is 17.9 Å². The maximum Gasteiger partial charge on any atom is 0.308 e. The van der Waals surface area contributed by atoms with E-state index in [4.69, 9.17) is 9.47 Å². The Labute approximate surface area is 175 Å². The normalized spacial score (nSPS) is 14.7. The number of methoxy groups -OCH3 is 1. The van der Waals surface area contributed by atoms with Crippen molar-refractivity contribution in [2.45, 2.75) is 32.6 Å². The summed E-state index contributed by atoms with van der Waals surface area (Å²) < 4.78 is 10.6. The predicted molar refractivity (Wildman–Crippen MR) is 115 cm³/mol. The molecule has 3 aromatic rings. The summed E-state index contributed by atoms with van der Waals surface area (Å²) in [4.78, 5) is 29.7. The van der Waals surface area contributed by atoms with Crippen LogP contribution >= 0.6 is 0 Å². The van der Waals surface area contributed by atoms with E-state index in [-0.39, 0.29) is 11.9 Å². The molecule has 0 spiro atoms. The summed E-state index contributed by atoms with van der Waals surface area (Å²) in [5, 5.41) is 1.18. The molecule has 6 heteroatoms. The van der Waals surface area contributed by atoms with Crippen molar-refractivity contribution in [2.24, 2.45) is 0 Å². The highest BCUT2D eigenvalue weighted by Gasteiger charge is 2.27. The third-order valence-corrected chi connectivity index (χ3v) is 5.91. The minimum atomic E-state index is -0.390. The summed E-state index contributed by atoms with van der Waals surface area (Å²) in [6, 6.07) is 11.3. The molecule has 1 aromatic heterocycles. The first-order chi connectivity index (χ1) is 14.5. The van der Waals surface area contributed by atoms with Gasteiger partial charge in [-0.2, -0.15) is 0 Å². The number of rotatable bonds is 4. The molecule has 1 aliphatic rings. The highest BCUT2D eigenvalue weighted by molar-refractivity contribution is 5.96. The highest BCUT2D eigenvalue weighted by Crippen LogP contribution is 2.35. The van der Waals surface area contributed by atoms with Gasteiger partial charge in [-0.05, 0) is 61.6 Å². The molecule has 30 heavy (non-hydrogen) atoms. The van der Waals surface area contributed by atoms with Crippen molar-refractivity contribution >= 4 is 22.8 Å². The fourth-order valence-electron chi connectivity index (χ4n) is 4.26. The second-order valence-corrected chi connectivity index (χ2v) is 7.74. The van der Waals surface area contributed by atoms with E-state index < -0.39 is 0 Å². The quantitative estimate of drug-likeness (QED) is 0.514. The van der Waals surface area contributed by atoms with Gasteiger partial charge in [-0.25, -0.2) is 0 Å². The number of hydrogen-bond acceptors (Lipinski definition) is 4. The predicted octanol–water partition coefficient (Wildman–Crippen LogP) is 4.43. The topological polar surface area (TPSA) is 71.6 Å². The summed E-state index contributed by atoms with van der Waals surface area (Å²) in [6.07, 6.45) is 3.89. The number of carbonyl (C=O) groups excluding carboxylic acids is 2. The van der Waals surface area contributed by atoms with Crippen molar-refractivity contribution in [2.75, 3.05) is 20.2 Å². The van der Waals surface area contributed by atoms with Crippen LogP contribution in [-0.4, -0.2) is 42.0 Å². The van der Waals surface area contributed by atoms with Gasteiger partial charge < -0.3 is 19.4 Å². The third kappa shape index (κ3) is 3.77. The van der Waals surface area contributed by atoms with Crippen molar-refractivity contribution in [3.63, 3.8) is 0 Å². The van der Waals surface area contributed by atoms with E-state index in [2.05, 4.69) is 17.2 Å². The first-order valence-corrected chi connectivity index (χ1v) is 10.2. The number of esters is 1. The van der Waals surface area contributed by atoms with E-state index in [0.717, 1.165) is 24.1 Å². The van der Waals surface area contributed by atoms with Gasteiger partial charge in [0.15, 0.2) is 0 Å². The van der Waals surface area contributed by atoms with Gasteiger partial charge in [0.2, 0.25) is 0 Å². The molecule has 156 valence electrons. The molecule has 2 aromatic carbocycles. The number of piperidine rings is 1. The Morgan fingerprint density at radius 1 is 1.13 bits per heavy atom. The number of nitrogens with zero attached hydrogens (tertiary/aromatic N) is 1. The Balaban J connectivity index is 1.49. The van der Waals surface area contributed by atoms with Gasteiger partial charge in [0.05, 0.1) is 7.11 Å². The van der Waals surface area contributed by atoms with E-state index in [1.54, 1.807) is 25.3 Å². The molecule has 1 fully saturated rings. The Morgan fingerprint density at radius 2 is 1.90 bits per heavy atom. The number of fused-ring (bicyclic) bond motifs is 1. The molecule has 0 saturated carbocycles. The Morgan fingerprint density at radius 3 is 2.60 bits per heavy atom. The van der Waals surface area contributed by atoms with Crippen LogP contribution in [0, 0.1) is 6.92 Å². The van der Waals surface area contributed by atoms with Crippen LogP contribution in [0.1, 0.15) is 47.2 Å². The van der Waals surface area contributed by atoms with Crippen molar-refractivity contribution in [3.05, 3.63) is 59.3 Å². The van der Waals surface area contributed by atoms with Gasteiger partial charge in [-0.1, -0.05) is 6.07 Å². The lowest BCUT2D eigenvalue weighted by Crippen LogP contribution is -2.38. The molecule has 2 heterocycles. The molecule has 0 bridgehead atoms. The summed E-state index contributed by atoms with van der Waals surface area (Å²) in [5.74, 6) is 1.28. The van der Waals surface area contributed by atoms with E-state index >= 15 is 0 Å². The summed E-state index contributed by atoms with van der Waals surface area (Å²) >= 11 is 0. The second-order valence-electron chi connectivity index (χ2n) is 7.74. The first-order valence-electron chi connectivity index (χ1n) is 10.2. The average molecular weight is 406 g/mol. The molecule has 1 saturated heterocycles. The Bertz CT molecular complexity index is 1090. The van der Waals surface area contributed by atoms with Gasteiger partial charge in [-0.15, -0.1) is 0 Å². The van der Waals surface area contributed by atoms with Gasteiger partial charge >= 0.3 is 5.97 Å². The average Bonchev–Trinajstić information content (AvgIpc) is 3.17. The van der Waals surface area contributed by atoms with Crippen molar-refractivity contribution in [3.8, 4) is 11.5 Å². The fourth-order valence-corrected chi connectivity index (χ4v) is 4.26. The van der Waals surface area contributed by atoms with Crippen LogP contribution in [0.4, 0.5) is 0 Å². The fraction of sp³-hybridized carbons (Fsp3) is 0.333. The van der Waals surface area contributed by atoms with E-state index in [1.807, 2.05) is 24.0 Å². The second kappa shape index (κ2) is 8.22.